The maximum Gasteiger partial charge on any atom is 0.165 e. The Bertz CT molecular complexity index is 3430. The minimum absolute atomic E-state index is 0.658. The van der Waals surface area contributed by atoms with Crippen LogP contribution in [0.15, 0.2) is 170 Å². The summed E-state index contributed by atoms with van der Waals surface area (Å²) in [5, 5.41) is 10.1. The number of rotatable bonds is 4. The summed E-state index contributed by atoms with van der Waals surface area (Å²) in [6, 6.07) is 60.5. The average molecular weight is 737 g/mol. The van der Waals surface area contributed by atoms with Crippen LogP contribution in [0.5, 0.6) is 0 Å². The summed E-state index contributed by atoms with van der Waals surface area (Å²) in [4.78, 5) is 15.4. The molecule has 0 unspecified atom stereocenters. The van der Waals surface area contributed by atoms with Crippen molar-refractivity contribution >= 4 is 95.6 Å². The molecule has 55 heavy (non-hydrogen) atoms. The van der Waals surface area contributed by atoms with Crippen molar-refractivity contribution in [3.05, 3.63) is 170 Å². The van der Waals surface area contributed by atoms with Crippen LogP contribution in [0.3, 0.4) is 0 Å². The Balaban J connectivity index is 1.19. The molecule has 256 valence electrons. The molecule has 6 heteroatoms. The fraction of sp³-hybridized carbons (Fsp3) is 0. The number of benzene rings is 8. The second kappa shape index (κ2) is 11.9. The second-order valence-electron chi connectivity index (χ2n) is 13.9. The molecule has 0 radical (unpaired) electrons. The van der Waals surface area contributed by atoms with E-state index in [1.165, 1.54) is 68.5 Å². The minimum atomic E-state index is 0.658. The summed E-state index contributed by atoms with van der Waals surface area (Å²) in [5.74, 6) is 1.98. The molecule has 0 amide bonds. The van der Waals surface area contributed by atoms with E-state index < -0.39 is 0 Å². The Morgan fingerprint density at radius 3 is 1.80 bits per heavy atom. The van der Waals surface area contributed by atoms with Gasteiger partial charge in [-0.1, -0.05) is 133 Å². The van der Waals surface area contributed by atoms with E-state index in [-0.39, 0.29) is 0 Å². The molecule has 0 spiro atoms. The van der Waals surface area contributed by atoms with Gasteiger partial charge in [-0.15, -0.1) is 22.7 Å². The van der Waals surface area contributed by atoms with Gasteiger partial charge in [-0.2, -0.15) is 0 Å². The van der Waals surface area contributed by atoms with E-state index in [4.69, 9.17) is 15.0 Å². The highest BCUT2D eigenvalue weighted by atomic mass is 32.1. The lowest BCUT2D eigenvalue weighted by Crippen LogP contribution is -2.00. The zero-order valence-corrected chi connectivity index (χ0v) is 30.9. The highest BCUT2D eigenvalue weighted by Gasteiger charge is 2.23. The molecule has 4 heterocycles. The maximum absolute atomic E-state index is 5.21. The first-order valence-corrected chi connectivity index (χ1v) is 20.0. The molecule has 12 aromatic rings. The van der Waals surface area contributed by atoms with Crippen LogP contribution in [0.25, 0.3) is 113 Å². The number of fused-ring (bicyclic) bond motifs is 12. The third-order valence-electron chi connectivity index (χ3n) is 10.8. The molecule has 4 nitrogen and oxygen atoms in total. The number of para-hydroxylation sites is 1. The molecule has 8 aromatic carbocycles. The first kappa shape index (κ1) is 30.7. The lowest BCUT2D eigenvalue weighted by atomic mass is 9.99. The largest absolute Gasteiger partial charge is 0.308 e. The van der Waals surface area contributed by atoms with Gasteiger partial charge in [0, 0.05) is 63.1 Å². The number of hydrogen-bond acceptors (Lipinski definition) is 5. The Kier molecular flexibility index (Phi) is 6.64. The van der Waals surface area contributed by atoms with Crippen molar-refractivity contribution in [1.82, 2.24) is 19.5 Å². The van der Waals surface area contributed by atoms with Crippen molar-refractivity contribution in [3.63, 3.8) is 0 Å². The van der Waals surface area contributed by atoms with Gasteiger partial charge in [0.05, 0.1) is 21.4 Å². The first-order valence-electron chi connectivity index (χ1n) is 18.4. The van der Waals surface area contributed by atoms with Crippen molar-refractivity contribution in [2.75, 3.05) is 0 Å². The molecule has 0 saturated heterocycles. The van der Waals surface area contributed by atoms with E-state index in [1.54, 1.807) is 0 Å². The molecule has 4 aromatic heterocycles. The molecule has 0 bridgehead atoms. The van der Waals surface area contributed by atoms with Crippen LogP contribution < -0.4 is 0 Å². The van der Waals surface area contributed by atoms with Gasteiger partial charge in [-0.3, -0.25) is 0 Å². The normalized spacial score (nSPS) is 12.0. The molecule has 0 N–H and O–H groups in total. The fourth-order valence-electron chi connectivity index (χ4n) is 8.44. The van der Waals surface area contributed by atoms with Crippen molar-refractivity contribution in [2.24, 2.45) is 0 Å². The summed E-state index contributed by atoms with van der Waals surface area (Å²) in [7, 11) is 0. The van der Waals surface area contributed by atoms with Gasteiger partial charge in [-0.25, -0.2) is 15.0 Å². The molecule has 0 fully saturated rings. The van der Waals surface area contributed by atoms with E-state index in [0.29, 0.717) is 17.5 Å². The SMILES string of the molecule is c1ccc(-c2nc(-c3ccccc3)nc(-c3cc4ccccc4c4c3sc3c(-n5c6ccccc6c6c7c(ccc65)sc5ccccc57)cccc34)n2)cc1. The molecular weight excluding hydrogens is 709 g/mol. The third kappa shape index (κ3) is 4.59. The first-order chi connectivity index (χ1) is 27.3. The summed E-state index contributed by atoms with van der Waals surface area (Å²) < 4.78 is 7.51. The Morgan fingerprint density at radius 1 is 0.382 bits per heavy atom. The molecule has 0 aliphatic carbocycles. The van der Waals surface area contributed by atoms with Crippen LogP contribution >= 0.6 is 22.7 Å². The van der Waals surface area contributed by atoms with Crippen molar-refractivity contribution in [3.8, 4) is 39.9 Å². The van der Waals surface area contributed by atoms with Crippen LogP contribution in [0, 0.1) is 0 Å². The van der Waals surface area contributed by atoms with Crippen LogP contribution in [0.1, 0.15) is 0 Å². The maximum atomic E-state index is 5.21. The number of hydrogen-bond donors (Lipinski definition) is 0. The van der Waals surface area contributed by atoms with Crippen LogP contribution in [-0.2, 0) is 0 Å². The van der Waals surface area contributed by atoms with Gasteiger partial charge in [0.15, 0.2) is 17.5 Å². The molecule has 0 atom stereocenters. The highest BCUT2D eigenvalue weighted by molar-refractivity contribution is 7.27. The Morgan fingerprint density at radius 2 is 1.02 bits per heavy atom. The molecular formula is C49H28N4S2. The number of thiophene rings is 2. The molecule has 0 aliphatic rings. The predicted molar refractivity (Wildman–Crippen MR) is 234 cm³/mol. The van der Waals surface area contributed by atoms with E-state index in [1.807, 2.05) is 59.1 Å². The average Bonchev–Trinajstić information content (AvgIpc) is 3.94. The molecule has 12 rings (SSSR count). The number of aromatic nitrogens is 4. The van der Waals surface area contributed by atoms with Crippen molar-refractivity contribution < 1.29 is 0 Å². The quantitative estimate of drug-likeness (QED) is 0.181. The van der Waals surface area contributed by atoms with Crippen molar-refractivity contribution in [2.45, 2.75) is 0 Å². The van der Waals surface area contributed by atoms with Gasteiger partial charge in [0.1, 0.15) is 0 Å². The topological polar surface area (TPSA) is 43.6 Å². The van der Waals surface area contributed by atoms with Crippen LogP contribution in [0.2, 0.25) is 0 Å². The smallest absolute Gasteiger partial charge is 0.165 e. The van der Waals surface area contributed by atoms with Gasteiger partial charge in [0.2, 0.25) is 0 Å². The summed E-state index contributed by atoms with van der Waals surface area (Å²) in [6.45, 7) is 0. The third-order valence-corrected chi connectivity index (χ3v) is 13.2. The zero-order chi connectivity index (χ0) is 36.0. The Labute approximate surface area is 323 Å². The van der Waals surface area contributed by atoms with E-state index >= 15 is 0 Å². The summed E-state index contributed by atoms with van der Waals surface area (Å²) >= 11 is 3.70. The molecule has 0 saturated carbocycles. The van der Waals surface area contributed by atoms with Gasteiger partial charge >= 0.3 is 0 Å². The van der Waals surface area contributed by atoms with E-state index in [9.17, 15) is 0 Å². The molecule has 0 aliphatic heterocycles. The van der Waals surface area contributed by atoms with Gasteiger partial charge in [0.25, 0.3) is 0 Å². The lowest BCUT2D eigenvalue weighted by molar-refractivity contribution is 1.08. The summed E-state index contributed by atoms with van der Waals surface area (Å²) in [6.07, 6.45) is 0. The fourth-order valence-corrected chi connectivity index (χ4v) is 10.9. The monoisotopic (exact) mass is 736 g/mol. The standard InChI is InChI=1S/C49H28N4S2/c1-3-14-29(15-4-1)47-50-48(30-16-5-2-6-17-30)52-49(51-47)36-28-31-18-7-8-19-32(31)42-35-22-13-24-39(45(35)55-46(36)42)53-37-23-11-9-20-33(37)43-38(53)26-27-41-44(43)34-21-10-12-25-40(34)54-41/h1-28H. The zero-order valence-electron chi connectivity index (χ0n) is 29.3. The van der Waals surface area contributed by atoms with Gasteiger partial charge < -0.3 is 4.57 Å². The highest BCUT2D eigenvalue weighted by Crippen LogP contribution is 2.48. The van der Waals surface area contributed by atoms with Crippen LogP contribution in [0.4, 0.5) is 0 Å². The predicted octanol–water partition coefficient (Wildman–Crippen LogP) is 13.9. The summed E-state index contributed by atoms with van der Waals surface area (Å²) in [5.41, 5.74) is 6.50. The van der Waals surface area contributed by atoms with Crippen molar-refractivity contribution in [1.29, 1.82) is 0 Å². The number of nitrogens with zero attached hydrogens (tertiary/aromatic N) is 4. The minimum Gasteiger partial charge on any atom is -0.308 e. The van der Waals surface area contributed by atoms with E-state index in [2.05, 4.69) is 138 Å². The Hall–Kier alpha value is -6.73. The van der Waals surface area contributed by atoms with Crippen LogP contribution in [-0.4, -0.2) is 19.5 Å². The van der Waals surface area contributed by atoms with Gasteiger partial charge in [-0.05, 0) is 47.2 Å². The second-order valence-corrected chi connectivity index (χ2v) is 16.0. The lowest BCUT2D eigenvalue weighted by Gasteiger charge is -2.10. The van der Waals surface area contributed by atoms with E-state index in [0.717, 1.165) is 26.8 Å².